The third kappa shape index (κ3) is 5.28. The zero-order valence-electron chi connectivity index (χ0n) is 14.1. The van der Waals surface area contributed by atoms with Gasteiger partial charge in [0, 0.05) is 12.2 Å². The molecule has 128 valence electrons. The maximum absolute atomic E-state index is 13.0. The quantitative estimate of drug-likeness (QED) is 0.736. The van der Waals surface area contributed by atoms with Gasteiger partial charge in [-0.1, -0.05) is 44.2 Å². The molecule has 0 radical (unpaired) electrons. The van der Waals surface area contributed by atoms with Crippen molar-refractivity contribution in [2.75, 3.05) is 25.0 Å². The second-order valence-electron chi connectivity index (χ2n) is 5.49. The summed E-state index contributed by atoms with van der Waals surface area (Å²) in [4.78, 5) is 2.39. The zero-order valence-corrected chi connectivity index (χ0v) is 14.9. The fourth-order valence-corrected chi connectivity index (χ4v) is 2.90. The molecule has 1 atom stereocenters. The van der Waals surface area contributed by atoms with Crippen molar-refractivity contribution in [1.29, 1.82) is 0 Å². The molecule has 0 amide bonds. The van der Waals surface area contributed by atoms with Crippen LogP contribution in [-0.4, -0.2) is 29.6 Å². The molecule has 0 bridgehead atoms. The van der Waals surface area contributed by atoms with Gasteiger partial charge in [-0.15, -0.1) is 0 Å². The van der Waals surface area contributed by atoms with Crippen molar-refractivity contribution >= 4 is 23.0 Å². The van der Waals surface area contributed by atoms with Crippen molar-refractivity contribution in [2.45, 2.75) is 19.9 Å². The van der Waals surface area contributed by atoms with Gasteiger partial charge in [0.1, 0.15) is 5.82 Å². The number of nitrogens with zero attached hydrogens (tertiary/aromatic N) is 1. The Labute approximate surface area is 148 Å². The molecule has 2 rings (SSSR count). The summed E-state index contributed by atoms with van der Waals surface area (Å²) < 4.78 is 13.0. The summed E-state index contributed by atoms with van der Waals surface area (Å²) in [5.74, 6) is -0.259. The van der Waals surface area contributed by atoms with Gasteiger partial charge in [-0.3, -0.25) is 4.90 Å². The van der Waals surface area contributed by atoms with Gasteiger partial charge in [0.05, 0.1) is 6.04 Å². The van der Waals surface area contributed by atoms with E-state index in [1.54, 1.807) is 12.1 Å². The van der Waals surface area contributed by atoms with Crippen LogP contribution in [0.4, 0.5) is 10.1 Å². The molecular formula is C19H24FN3S. The summed E-state index contributed by atoms with van der Waals surface area (Å²) in [6, 6.07) is 16.8. The lowest BCUT2D eigenvalue weighted by molar-refractivity contribution is 0.219. The largest absolute Gasteiger partial charge is 0.361 e. The first-order valence-corrected chi connectivity index (χ1v) is 8.64. The van der Waals surface area contributed by atoms with E-state index < -0.39 is 0 Å². The van der Waals surface area contributed by atoms with Gasteiger partial charge in [-0.05, 0) is 55.1 Å². The Balaban J connectivity index is 1.99. The molecule has 0 fully saturated rings. The first kappa shape index (κ1) is 18.4. The van der Waals surface area contributed by atoms with Crippen molar-refractivity contribution in [3.05, 3.63) is 66.0 Å². The SMILES string of the molecule is CCN(CC)[C@H](CNC(=S)Nc1ccc(F)cc1)c1ccccc1. The Morgan fingerprint density at radius 3 is 2.25 bits per heavy atom. The minimum Gasteiger partial charge on any atom is -0.361 e. The van der Waals surface area contributed by atoms with E-state index >= 15 is 0 Å². The molecule has 2 aromatic carbocycles. The highest BCUT2D eigenvalue weighted by Gasteiger charge is 2.17. The fraction of sp³-hybridized carbons (Fsp3) is 0.316. The van der Waals surface area contributed by atoms with Crippen LogP contribution in [-0.2, 0) is 0 Å². The van der Waals surface area contributed by atoms with Crippen LogP contribution in [0.1, 0.15) is 25.5 Å². The Hall–Kier alpha value is -1.98. The number of hydrogen-bond acceptors (Lipinski definition) is 2. The summed E-state index contributed by atoms with van der Waals surface area (Å²) in [5, 5.41) is 6.90. The highest BCUT2D eigenvalue weighted by molar-refractivity contribution is 7.80. The molecular weight excluding hydrogens is 321 g/mol. The number of likely N-dealkylation sites (N-methyl/N-ethyl adjacent to an activating group) is 1. The first-order valence-electron chi connectivity index (χ1n) is 8.23. The number of rotatable bonds is 7. The predicted molar refractivity (Wildman–Crippen MR) is 103 cm³/mol. The number of thiocarbonyl (C=S) groups is 1. The third-order valence-corrected chi connectivity index (χ3v) is 4.24. The fourth-order valence-electron chi connectivity index (χ4n) is 2.70. The molecule has 0 unspecified atom stereocenters. The molecule has 0 spiro atoms. The highest BCUT2D eigenvalue weighted by Crippen LogP contribution is 2.19. The predicted octanol–water partition coefficient (Wildman–Crippen LogP) is 4.20. The van der Waals surface area contributed by atoms with Crippen LogP contribution in [0.25, 0.3) is 0 Å². The van der Waals surface area contributed by atoms with E-state index in [1.165, 1.54) is 17.7 Å². The summed E-state index contributed by atoms with van der Waals surface area (Å²) >= 11 is 5.36. The Kier molecular flexibility index (Phi) is 7.15. The van der Waals surface area contributed by atoms with E-state index in [0.29, 0.717) is 11.7 Å². The standard InChI is InChI=1S/C19H24FN3S/c1-3-23(4-2)18(15-8-6-5-7-9-15)14-21-19(24)22-17-12-10-16(20)11-13-17/h5-13,18H,3-4,14H2,1-2H3,(H2,21,22,24)/t18-/m1/s1. The Morgan fingerprint density at radius 1 is 1.04 bits per heavy atom. The van der Waals surface area contributed by atoms with Crippen LogP contribution in [0.5, 0.6) is 0 Å². The lowest BCUT2D eigenvalue weighted by Crippen LogP contribution is -2.39. The van der Waals surface area contributed by atoms with E-state index in [-0.39, 0.29) is 11.9 Å². The molecule has 24 heavy (non-hydrogen) atoms. The molecule has 2 aromatic rings. The number of nitrogens with one attached hydrogen (secondary N) is 2. The van der Waals surface area contributed by atoms with Gasteiger partial charge in [-0.2, -0.15) is 0 Å². The van der Waals surface area contributed by atoms with E-state index in [2.05, 4.69) is 53.6 Å². The Morgan fingerprint density at radius 2 is 1.67 bits per heavy atom. The van der Waals surface area contributed by atoms with Crippen molar-refractivity contribution in [2.24, 2.45) is 0 Å². The van der Waals surface area contributed by atoms with Crippen molar-refractivity contribution in [3.63, 3.8) is 0 Å². The molecule has 0 saturated heterocycles. The van der Waals surface area contributed by atoms with Gasteiger partial charge < -0.3 is 10.6 Å². The van der Waals surface area contributed by atoms with Gasteiger partial charge in [-0.25, -0.2) is 4.39 Å². The van der Waals surface area contributed by atoms with Crippen LogP contribution in [0.2, 0.25) is 0 Å². The van der Waals surface area contributed by atoms with Crippen LogP contribution in [0.15, 0.2) is 54.6 Å². The van der Waals surface area contributed by atoms with Crippen molar-refractivity contribution in [3.8, 4) is 0 Å². The van der Waals surface area contributed by atoms with E-state index in [4.69, 9.17) is 12.2 Å². The summed E-state index contributed by atoms with van der Waals surface area (Å²) in [5.41, 5.74) is 2.03. The summed E-state index contributed by atoms with van der Waals surface area (Å²) in [7, 11) is 0. The average Bonchev–Trinajstić information content (AvgIpc) is 2.61. The molecule has 0 aliphatic rings. The maximum Gasteiger partial charge on any atom is 0.170 e. The maximum atomic E-state index is 13.0. The van der Waals surface area contributed by atoms with Gasteiger partial charge in [0.15, 0.2) is 5.11 Å². The molecule has 0 aliphatic carbocycles. The van der Waals surface area contributed by atoms with Crippen molar-refractivity contribution < 1.29 is 4.39 Å². The number of halogens is 1. The third-order valence-electron chi connectivity index (χ3n) is 4.00. The Bertz CT molecular complexity index is 627. The monoisotopic (exact) mass is 345 g/mol. The topological polar surface area (TPSA) is 27.3 Å². The van der Waals surface area contributed by atoms with E-state index in [1.807, 2.05) is 6.07 Å². The summed E-state index contributed by atoms with van der Waals surface area (Å²) in [6.07, 6.45) is 0. The van der Waals surface area contributed by atoms with Crippen LogP contribution >= 0.6 is 12.2 Å². The van der Waals surface area contributed by atoms with Crippen molar-refractivity contribution in [1.82, 2.24) is 10.2 Å². The van der Waals surface area contributed by atoms with Gasteiger partial charge >= 0.3 is 0 Å². The average molecular weight is 345 g/mol. The minimum absolute atomic E-state index is 0.245. The van der Waals surface area contributed by atoms with Crippen LogP contribution in [0.3, 0.4) is 0 Å². The van der Waals surface area contributed by atoms with E-state index in [0.717, 1.165) is 18.8 Å². The molecule has 5 heteroatoms. The number of hydrogen-bond donors (Lipinski definition) is 2. The lowest BCUT2D eigenvalue weighted by atomic mass is 10.1. The first-order chi connectivity index (χ1) is 11.6. The second kappa shape index (κ2) is 9.35. The number of anilines is 1. The smallest absolute Gasteiger partial charge is 0.170 e. The zero-order chi connectivity index (χ0) is 17.4. The minimum atomic E-state index is -0.259. The molecule has 3 nitrogen and oxygen atoms in total. The number of benzene rings is 2. The van der Waals surface area contributed by atoms with Gasteiger partial charge in [0.2, 0.25) is 0 Å². The molecule has 0 saturated carbocycles. The van der Waals surface area contributed by atoms with Crippen LogP contribution in [0, 0.1) is 5.82 Å². The van der Waals surface area contributed by atoms with Crippen LogP contribution < -0.4 is 10.6 Å². The normalized spacial score (nSPS) is 12.0. The molecule has 2 N–H and O–H groups in total. The molecule has 0 aromatic heterocycles. The molecule has 0 heterocycles. The second-order valence-corrected chi connectivity index (χ2v) is 5.90. The summed E-state index contributed by atoms with van der Waals surface area (Å²) in [6.45, 7) is 6.97. The van der Waals surface area contributed by atoms with Gasteiger partial charge in [0.25, 0.3) is 0 Å². The van der Waals surface area contributed by atoms with E-state index in [9.17, 15) is 4.39 Å². The lowest BCUT2D eigenvalue weighted by Gasteiger charge is -2.30. The highest BCUT2D eigenvalue weighted by atomic mass is 32.1. The molecule has 0 aliphatic heterocycles.